The van der Waals surface area contributed by atoms with Crippen molar-refractivity contribution < 1.29 is 4.42 Å². The molecule has 0 bridgehead atoms. The molecule has 0 amide bonds. The number of nitrogen functional groups attached to an aromatic ring is 1. The molecule has 4 heteroatoms. The van der Waals surface area contributed by atoms with Crippen molar-refractivity contribution in [1.82, 2.24) is 10.2 Å². The topological polar surface area (TPSA) is 64.9 Å². The van der Waals surface area contributed by atoms with Gasteiger partial charge in [-0.1, -0.05) is 38.0 Å². The van der Waals surface area contributed by atoms with Crippen LogP contribution in [0.2, 0.25) is 0 Å². The summed E-state index contributed by atoms with van der Waals surface area (Å²) in [7, 11) is 0. The summed E-state index contributed by atoms with van der Waals surface area (Å²) in [4.78, 5) is 0. The molecule has 0 aliphatic carbocycles. The third-order valence-corrected chi connectivity index (χ3v) is 2.77. The van der Waals surface area contributed by atoms with Gasteiger partial charge in [-0.25, -0.2) is 0 Å². The molecule has 0 aliphatic heterocycles. The summed E-state index contributed by atoms with van der Waals surface area (Å²) < 4.78 is 5.27. The van der Waals surface area contributed by atoms with E-state index in [9.17, 15) is 0 Å². The SMILES string of the molecule is Cc1ccc(C(C)(C)C)cc1-c1nnc(N)o1. The fourth-order valence-corrected chi connectivity index (χ4v) is 1.66. The van der Waals surface area contributed by atoms with Crippen molar-refractivity contribution >= 4 is 6.01 Å². The Balaban J connectivity index is 2.54. The Kier molecular flexibility index (Phi) is 2.65. The number of hydrogen-bond acceptors (Lipinski definition) is 4. The first-order valence-electron chi connectivity index (χ1n) is 5.58. The van der Waals surface area contributed by atoms with Crippen LogP contribution >= 0.6 is 0 Å². The van der Waals surface area contributed by atoms with Crippen LogP contribution in [-0.4, -0.2) is 10.2 Å². The summed E-state index contributed by atoms with van der Waals surface area (Å²) in [6.07, 6.45) is 0. The maximum atomic E-state index is 5.45. The normalized spacial score (nSPS) is 11.8. The zero-order valence-corrected chi connectivity index (χ0v) is 10.6. The van der Waals surface area contributed by atoms with Gasteiger partial charge in [0.2, 0.25) is 5.89 Å². The lowest BCUT2D eigenvalue weighted by molar-refractivity contribution is 0.582. The van der Waals surface area contributed by atoms with E-state index >= 15 is 0 Å². The molecule has 1 heterocycles. The largest absolute Gasteiger partial charge is 0.404 e. The predicted molar refractivity (Wildman–Crippen MR) is 67.6 cm³/mol. The molecule has 0 radical (unpaired) electrons. The molecule has 0 atom stereocenters. The molecule has 1 aromatic carbocycles. The Morgan fingerprint density at radius 3 is 2.41 bits per heavy atom. The zero-order chi connectivity index (χ0) is 12.6. The maximum Gasteiger partial charge on any atom is 0.313 e. The van der Waals surface area contributed by atoms with Gasteiger partial charge in [-0.15, -0.1) is 5.10 Å². The number of aromatic nitrogens is 2. The van der Waals surface area contributed by atoms with Crippen molar-refractivity contribution in [1.29, 1.82) is 0 Å². The van der Waals surface area contributed by atoms with Crippen LogP contribution in [0.15, 0.2) is 22.6 Å². The Bertz CT molecular complexity index is 538. The predicted octanol–water partition coefficient (Wildman–Crippen LogP) is 2.92. The van der Waals surface area contributed by atoms with Crippen LogP contribution in [0.1, 0.15) is 31.9 Å². The standard InChI is InChI=1S/C13H17N3O/c1-8-5-6-9(13(2,3)4)7-10(8)11-15-16-12(14)17-11/h5-7H,1-4H3,(H2,14,16). The van der Waals surface area contributed by atoms with Crippen LogP contribution in [0.25, 0.3) is 11.5 Å². The summed E-state index contributed by atoms with van der Waals surface area (Å²) in [5.74, 6) is 0.478. The molecule has 2 aromatic rings. The molecule has 0 fully saturated rings. The molecule has 0 saturated carbocycles. The molecular formula is C13H17N3O. The minimum absolute atomic E-state index is 0.0913. The highest BCUT2D eigenvalue weighted by Gasteiger charge is 2.17. The van der Waals surface area contributed by atoms with Crippen LogP contribution in [0, 0.1) is 6.92 Å². The van der Waals surface area contributed by atoms with E-state index in [1.165, 1.54) is 5.56 Å². The number of benzene rings is 1. The zero-order valence-electron chi connectivity index (χ0n) is 10.6. The molecule has 0 saturated heterocycles. The third-order valence-electron chi connectivity index (χ3n) is 2.77. The van der Waals surface area contributed by atoms with Crippen LogP contribution in [0.5, 0.6) is 0 Å². The average Bonchev–Trinajstić information content (AvgIpc) is 2.63. The van der Waals surface area contributed by atoms with Crippen molar-refractivity contribution in [2.75, 3.05) is 5.73 Å². The smallest absolute Gasteiger partial charge is 0.313 e. The fourth-order valence-electron chi connectivity index (χ4n) is 1.66. The maximum absolute atomic E-state index is 5.45. The number of rotatable bonds is 1. The molecule has 0 unspecified atom stereocenters. The van der Waals surface area contributed by atoms with E-state index in [1.807, 2.05) is 6.92 Å². The van der Waals surface area contributed by atoms with Crippen molar-refractivity contribution in [2.45, 2.75) is 33.1 Å². The lowest BCUT2D eigenvalue weighted by Crippen LogP contribution is -2.11. The average molecular weight is 231 g/mol. The van der Waals surface area contributed by atoms with E-state index in [2.05, 4.69) is 49.2 Å². The monoisotopic (exact) mass is 231 g/mol. The summed E-state index contributed by atoms with van der Waals surface area (Å²) in [6, 6.07) is 6.37. The van der Waals surface area contributed by atoms with Gasteiger partial charge in [0, 0.05) is 5.56 Å². The van der Waals surface area contributed by atoms with E-state index in [4.69, 9.17) is 10.2 Å². The van der Waals surface area contributed by atoms with Gasteiger partial charge in [0.05, 0.1) is 0 Å². The lowest BCUT2D eigenvalue weighted by Gasteiger charge is -2.20. The number of anilines is 1. The van der Waals surface area contributed by atoms with Crippen LogP contribution in [0.3, 0.4) is 0 Å². The molecule has 0 spiro atoms. The van der Waals surface area contributed by atoms with E-state index < -0.39 is 0 Å². The van der Waals surface area contributed by atoms with Gasteiger partial charge < -0.3 is 10.2 Å². The Morgan fingerprint density at radius 1 is 1.18 bits per heavy atom. The van der Waals surface area contributed by atoms with Crippen molar-refractivity contribution in [3.8, 4) is 11.5 Å². The summed E-state index contributed by atoms with van der Waals surface area (Å²) in [6.45, 7) is 8.53. The minimum atomic E-state index is 0.0913. The van der Waals surface area contributed by atoms with Gasteiger partial charge in [0.1, 0.15) is 0 Å². The summed E-state index contributed by atoms with van der Waals surface area (Å²) in [5.41, 5.74) is 8.82. The van der Waals surface area contributed by atoms with E-state index in [1.54, 1.807) is 0 Å². The highest BCUT2D eigenvalue weighted by atomic mass is 16.4. The van der Waals surface area contributed by atoms with E-state index in [0.29, 0.717) is 5.89 Å². The fraction of sp³-hybridized carbons (Fsp3) is 0.385. The number of aryl methyl sites for hydroxylation is 1. The number of hydrogen-bond donors (Lipinski definition) is 1. The second kappa shape index (κ2) is 3.87. The first-order valence-corrected chi connectivity index (χ1v) is 5.58. The van der Waals surface area contributed by atoms with E-state index in [-0.39, 0.29) is 11.4 Å². The molecule has 0 aliphatic rings. The van der Waals surface area contributed by atoms with Gasteiger partial charge in [-0.05, 0) is 29.5 Å². The molecule has 17 heavy (non-hydrogen) atoms. The van der Waals surface area contributed by atoms with Crippen molar-refractivity contribution in [3.05, 3.63) is 29.3 Å². The highest BCUT2D eigenvalue weighted by Crippen LogP contribution is 2.29. The second-order valence-electron chi connectivity index (χ2n) is 5.23. The lowest BCUT2D eigenvalue weighted by atomic mass is 9.85. The van der Waals surface area contributed by atoms with Crippen LogP contribution in [-0.2, 0) is 5.41 Å². The highest BCUT2D eigenvalue weighted by molar-refractivity contribution is 5.60. The summed E-state index contributed by atoms with van der Waals surface area (Å²) >= 11 is 0. The second-order valence-corrected chi connectivity index (χ2v) is 5.23. The Labute approximate surface area is 101 Å². The minimum Gasteiger partial charge on any atom is -0.404 e. The molecule has 2 rings (SSSR count). The van der Waals surface area contributed by atoms with Crippen molar-refractivity contribution in [2.24, 2.45) is 0 Å². The molecule has 4 nitrogen and oxygen atoms in total. The molecule has 1 aromatic heterocycles. The summed E-state index contributed by atoms with van der Waals surface area (Å²) in [5, 5.41) is 7.62. The third kappa shape index (κ3) is 2.30. The van der Waals surface area contributed by atoms with Crippen LogP contribution < -0.4 is 5.73 Å². The van der Waals surface area contributed by atoms with Gasteiger partial charge in [-0.3, -0.25) is 0 Å². The first kappa shape index (κ1) is 11.6. The van der Waals surface area contributed by atoms with Gasteiger partial charge in [0.15, 0.2) is 0 Å². The van der Waals surface area contributed by atoms with E-state index in [0.717, 1.165) is 11.1 Å². The number of nitrogens with zero attached hydrogens (tertiary/aromatic N) is 2. The van der Waals surface area contributed by atoms with Gasteiger partial charge in [0.25, 0.3) is 0 Å². The van der Waals surface area contributed by atoms with Gasteiger partial charge >= 0.3 is 6.01 Å². The van der Waals surface area contributed by atoms with Gasteiger partial charge in [-0.2, -0.15) is 0 Å². The molecule has 2 N–H and O–H groups in total. The van der Waals surface area contributed by atoms with Crippen molar-refractivity contribution in [3.63, 3.8) is 0 Å². The van der Waals surface area contributed by atoms with Crippen LogP contribution in [0.4, 0.5) is 6.01 Å². The quantitative estimate of drug-likeness (QED) is 0.819. The Morgan fingerprint density at radius 2 is 1.88 bits per heavy atom. The molecular weight excluding hydrogens is 214 g/mol. The number of nitrogens with two attached hydrogens (primary N) is 1. The first-order chi connectivity index (χ1) is 7.88. The Hall–Kier alpha value is -1.84. The molecule has 90 valence electrons.